The minimum atomic E-state index is -0.0515. The molecule has 3 aliphatic carbocycles. The van der Waals surface area contributed by atoms with Crippen molar-refractivity contribution >= 4 is 11.6 Å². The topological polar surface area (TPSA) is 34.1 Å². The first-order chi connectivity index (χ1) is 7.77. The van der Waals surface area contributed by atoms with E-state index in [9.17, 15) is 9.59 Å². The highest BCUT2D eigenvalue weighted by atomic mass is 16.1. The second-order valence-corrected chi connectivity index (χ2v) is 5.14. The number of hydrogen-bond donors (Lipinski definition) is 0. The first kappa shape index (κ1) is 10.0. The van der Waals surface area contributed by atoms with E-state index in [-0.39, 0.29) is 23.4 Å². The van der Waals surface area contributed by atoms with Crippen LogP contribution < -0.4 is 0 Å². The van der Waals surface area contributed by atoms with Crippen LogP contribution in [0.15, 0.2) is 23.8 Å². The fourth-order valence-electron chi connectivity index (χ4n) is 3.52. The quantitative estimate of drug-likeness (QED) is 0.583. The van der Waals surface area contributed by atoms with Gasteiger partial charge in [-0.05, 0) is 43.8 Å². The molecule has 0 amide bonds. The van der Waals surface area contributed by atoms with Crippen LogP contribution in [0.25, 0.3) is 0 Å². The van der Waals surface area contributed by atoms with Crippen molar-refractivity contribution in [2.45, 2.75) is 32.1 Å². The van der Waals surface area contributed by atoms with Crippen molar-refractivity contribution in [1.29, 1.82) is 0 Å². The van der Waals surface area contributed by atoms with Crippen LogP contribution in [-0.4, -0.2) is 11.6 Å². The summed E-state index contributed by atoms with van der Waals surface area (Å²) in [6.45, 7) is 0. The molecule has 0 heterocycles. The van der Waals surface area contributed by atoms with E-state index in [1.165, 1.54) is 30.6 Å². The molecule has 3 rings (SSSR count). The SMILES string of the molecule is O=C1C=CC(=O)C2C1CC=C1CCCCC12. The van der Waals surface area contributed by atoms with Crippen molar-refractivity contribution in [3.8, 4) is 0 Å². The number of hydrogen-bond acceptors (Lipinski definition) is 2. The van der Waals surface area contributed by atoms with Gasteiger partial charge in [0.15, 0.2) is 11.6 Å². The maximum absolute atomic E-state index is 12.0. The molecule has 0 aromatic heterocycles. The van der Waals surface area contributed by atoms with Gasteiger partial charge in [0.05, 0.1) is 0 Å². The van der Waals surface area contributed by atoms with Gasteiger partial charge in [0.25, 0.3) is 0 Å². The average molecular weight is 216 g/mol. The Morgan fingerprint density at radius 3 is 2.69 bits per heavy atom. The molecular weight excluding hydrogens is 200 g/mol. The summed E-state index contributed by atoms with van der Waals surface area (Å²) in [5, 5.41) is 0. The standard InChI is InChI=1S/C14H16O2/c15-12-7-8-13(16)14-10-4-2-1-3-9(10)5-6-11(12)14/h5,7-8,10-11,14H,1-4,6H2. The lowest BCUT2D eigenvalue weighted by Gasteiger charge is -2.40. The van der Waals surface area contributed by atoms with Crippen LogP contribution in [0.3, 0.4) is 0 Å². The van der Waals surface area contributed by atoms with Gasteiger partial charge in [0.2, 0.25) is 0 Å². The van der Waals surface area contributed by atoms with Gasteiger partial charge in [0.1, 0.15) is 0 Å². The maximum Gasteiger partial charge on any atom is 0.160 e. The third kappa shape index (κ3) is 1.40. The molecule has 0 bridgehead atoms. The van der Waals surface area contributed by atoms with E-state index in [0.717, 1.165) is 19.3 Å². The highest BCUT2D eigenvalue weighted by Gasteiger charge is 2.43. The normalized spacial score (nSPS) is 37.8. The third-order valence-corrected chi connectivity index (χ3v) is 4.31. The second kappa shape index (κ2) is 3.69. The first-order valence-corrected chi connectivity index (χ1v) is 6.22. The molecule has 3 unspecified atom stereocenters. The maximum atomic E-state index is 12.0. The number of allylic oxidation sites excluding steroid dienone is 4. The number of rotatable bonds is 0. The molecule has 2 heteroatoms. The Balaban J connectivity index is 1.98. The summed E-state index contributed by atoms with van der Waals surface area (Å²) >= 11 is 0. The Hall–Kier alpha value is -1.18. The highest BCUT2D eigenvalue weighted by molar-refractivity contribution is 6.07. The number of fused-ring (bicyclic) bond motifs is 3. The van der Waals surface area contributed by atoms with Gasteiger partial charge >= 0.3 is 0 Å². The largest absolute Gasteiger partial charge is 0.295 e. The van der Waals surface area contributed by atoms with Crippen molar-refractivity contribution in [3.63, 3.8) is 0 Å². The predicted molar refractivity (Wildman–Crippen MR) is 60.8 cm³/mol. The molecule has 0 spiro atoms. The van der Waals surface area contributed by atoms with E-state index in [2.05, 4.69) is 6.08 Å². The van der Waals surface area contributed by atoms with Crippen LogP contribution in [0.1, 0.15) is 32.1 Å². The molecule has 0 aromatic rings. The summed E-state index contributed by atoms with van der Waals surface area (Å²) in [4.78, 5) is 23.7. The lowest BCUT2D eigenvalue weighted by molar-refractivity contribution is -0.131. The van der Waals surface area contributed by atoms with Crippen molar-refractivity contribution in [1.82, 2.24) is 0 Å². The molecule has 2 nitrogen and oxygen atoms in total. The molecule has 84 valence electrons. The minimum Gasteiger partial charge on any atom is -0.295 e. The zero-order valence-electron chi connectivity index (χ0n) is 9.32. The van der Waals surface area contributed by atoms with Gasteiger partial charge in [-0.25, -0.2) is 0 Å². The van der Waals surface area contributed by atoms with Gasteiger partial charge in [0, 0.05) is 11.8 Å². The van der Waals surface area contributed by atoms with Crippen LogP contribution in [-0.2, 0) is 9.59 Å². The van der Waals surface area contributed by atoms with Crippen LogP contribution in [0.4, 0.5) is 0 Å². The van der Waals surface area contributed by atoms with E-state index in [4.69, 9.17) is 0 Å². The molecule has 0 saturated heterocycles. The Kier molecular flexibility index (Phi) is 2.31. The number of ketones is 2. The van der Waals surface area contributed by atoms with E-state index >= 15 is 0 Å². The smallest absolute Gasteiger partial charge is 0.160 e. The Bertz CT molecular complexity index is 403. The van der Waals surface area contributed by atoms with Crippen molar-refractivity contribution in [2.75, 3.05) is 0 Å². The van der Waals surface area contributed by atoms with E-state index in [1.807, 2.05) is 0 Å². The van der Waals surface area contributed by atoms with Gasteiger partial charge < -0.3 is 0 Å². The van der Waals surface area contributed by atoms with Crippen LogP contribution in [0, 0.1) is 17.8 Å². The van der Waals surface area contributed by atoms with Crippen molar-refractivity contribution in [3.05, 3.63) is 23.8 Å². The van der Waals surface area contributed by atoms with E-state index < -0.39 is 0 Å². The summed E-state index contributed by atoms with van der Waals surface area (Å²) in [6, 6.07) is 0. The van der Waals surface area contributed by atoms with Crippen LogP contribution >= 0.6 is 0 Å². The number of carbonyl (C=O) groups is 2. The Labute approximate surface area is 95.4 Å². The van der Waals surface area contributed by atoms with Gasteiger partial charge in [-0.2, -0.15) is 0 Å². The van der Waals surface area contributed by atoms with Crippen molar-refractivity contribution < 1.29 is 9.59 Å². The van der Waals surface area contributed by atoms with Crippen LogP contribution in [0.2, 0.25) is 0 Å². The second-order valence-electron chi connectivity index (χ2n) is 5.14. The fourth-order valence-corrected chi connectivity index (χ4v) is 3.52. The monoisotopic (exact) mass is 216 g/mol. The zero-order valence-corrected chi connectivity index (χ0v) is 9.32. The van der Waals surface area contributed by atoms with Gasteiger partial charge in [-0.1, -0.05) is 18.1 Å². The molecule has 1 fully saturated rings. The molecule has 0 aliphatic heterocycles. The van der Waals surface area contributed by atoms with Gasteiger partial charge in [-0.15, -0.1) is 0 Å². The molecule has 0 N–H and O–H groups in total. The minimum absolute atomic E-state index is 0.0298. The summed E-state index contributed by atoms with van der Waals surface area (Å²) in [5.74, 6) is 0.628. The molecule has 1 saturated carbocycles. The molecule has 0 aromatic carbocycles. The third-order valence-electron chi connectivity index (χ3n) is 4.31. The number of carbonyl (C=O) groups excluding carboxylic acids is 2. The predicted octanol–water partition coefficient (Wildman–Crippen LogP) is 2.45. The molecule has 16 heavy (non-hydrogen) atoms. The van der Waals surface area contributed by atoms with Crippen molar-refractivity contribution in [2.24, 2.45) is 17.8 Å². The van der Waals surface area contributed by atoms with Gasteiger partial charge in [-0.3, -0.25) is 9.59 Å². The summed E-state index contributed by atoms with van der Waals surface area (Å²) in [7, 11) is 0. The molecule has 3 atom stereocenters. The molecule has 0 radical (unpaired) electrons. The Morgan fingerprint density at radius 2 is 1.81 bits per heavy atom. The summed E-state index contributed by atoms with van der Waals surface area (Å²) in [6.07, 6.45) is 10.7. The molecule has 3 aliphatic rings. The Morgan fingerprint density at radius 1 is 1.00 bits per heavy atom. The first-order valence-electron chi connectivity index (χ1n) is 6.22. The summed E-state index contributed by atoms with van der Waals surface area (Å²) < 4.78 is 0. The zero-order chi connectivity index (χ0) is 11.1. The average Bonchev–Trinajstić information content (AvgIpc) is 2.33. The fraction of sp³-hybridized carbons (Fsp3) is 0.571. The van der Waals surface area contributed by atoms with E-state index in [0.29, 0.717) is 5.92 Å². The lowest BCUT2D eigenvalue weighted by Crippen LogP contribution is -2.40. The van der Waals surface area contributed by atoms with Crippen LogP contribution in [0.5, 0.6) is 0 Å². The summed E-state index contributed by atoms with van der Waals surface area (Å²) in [5.41, 5.74) is 1.45. The highest BCUT2D eigenvalue weighted by Crippen LogP contribution is 2.45. The lowest BCUT2D eigenvalue weighted by atomic mass is 9.63. The molecular formula is C14H16O2. The van der Waals surface area contributed by atoms with E-state index in [1.54, 1.807) is 0 Å².